The molecule has 7 nitrogen and oxygen atoms in total. The van der Waals surface area contributed by atoms with Crippen LogP contribution in [-0.2, 0) is 14.4 Å². The first kappa shape index (κ1) is 16.1. The molecule has 0 radical (unpaired) electrons. The van der Waals surface area contributed by atoms with Crippen molar-refractivity contribution in [3.05, 3.63) is 0 Å². The number of urea groups is 1. The number of hydrogen-bond acceptors (Lipinski definition) is 4. The van der Waals surface area contributed by atoms with Crippen LogP contribution in [0, 0.1) is 5.92 Å². The predicted molar refractivity (Wildman–Crippen MR) is 71.5 cm³/mol. The van der Waals surface area contributed by atoms with Crippen LogP contribution in [0.2, 0.25) is 0 Å². The molecule has 0 aromatic rings. The zero-order valence-electron chi connectivity index (χ0n) is 12.2. The molecule has 1 saturated heterocycles. The zero-order chi connectivity index (χ0) is 15.4. The molecule has 112 valence electrons. The molecule has 1 fully saturated rings. The van der Waals surface area contributed by atoms with Gasteiger partial charge in [0.1, 0.15) is 12.0 Å². The molecule has 0 aromatic carbocycles. The molecule has 1 aliphatic heterocycles. The van der Waals surface area contributed by atoms with Gasteiger partial charge in [-0.3, -0.25) is 24.6 Å². The molecule has 2 N–H and O–H groups in total. The van der Waals surface area contributed by atoms with Gasteiger partial charge in [0.05, 0.1) is 0 Å². The maximum Gasteiger partial charge on any atom is 0.331 e. The van der Waals surface area contributed by atoms with Crippen LogP contribution in [0.4, 0.5) is 4.79 Å². The SMILES string of the molecule is CCCC1C(=O)NC(=O)N(C(C)C(=O)NC(C)C)C1=O. The quantitative estimate of drug-likeness (QED) is 0.714. The lowest BCUT2D eigenvalue weighted by molar-refractivity contribution is -0.147. The Labute approximate surface area is 118 Å². The van der Waals surface area contributed by atoms with Crippen LogP contribution in [0.15, 0.2) is 0 Å². The van der Waals surface area contributed by atoms with Crippen LogP contribution in [0.5, 0.6) is 0 Å². The first-order valence-electron chi connectivity index (χ1n) is 6.77. The minimum absolute atomic E-state index is 0.0963. The number of nitrogens with one attached hydrogen (secondary N) is 2. The average molecular weight is 283 g/mol. The normalized spacial score (nSPS) is 20.9. The molecule has 0 saturated carbocycles. The van der Waals surface area contributed by atoms with Gasteiger partial charge in [-0.05, 0) is 27.2 Å². The van der Waals surface area contributed by atoms with Crippen LogP contribution in [0.1, 0.15) is 40.5 Å². The minimum atomic E-state index is -0.947. The largest absolute Gasteiger partial charge is 0.352 e. The highest BCUT2D eigenvalue weighted by Gasteiger charge is 2.43. The van der Waals surface area contributed by atoms with Gasteiger partial charge in [0.15, 0.2) is 0 Å². The number of imide groups is 2. The maximum atomic E-state index is 12.2. The molecule has 7 heteroatoms. The summed E-state index contributed by atoms with van der Waals surface area (Å²) in [5.41, 5.74) is 0. The van der Waals surface area contributed by atoms with Crippen molar-refractivity contribution in [1.29, 1.82) is 0 Å². The smallest absolute Gasteiger partial charge is 0.331 e. The number of carbonyl (C=O) groups excluding carboxylic acids is 4. The molecular formula is C13H21N3O4. The van der Waals surface area contributed by atoms with E-state index < -0.39 is 35.7 Å². The molecule has 0 bridgehead atoms. The third-order valence-corrected chi connectivity index (χ3v) is 3.08. The van der Waals surface area contributed by atoms with Crippen molar-refractivity contribution in [2.75, 3.05) is 0 Å². The van der Waals surface area contributed by atoms with E-state index in [9.17, 15) is 19.2 Å². The Hall–Kier alpha value is -1.92. The van der Waals surface area contributed by atoms with Gasteiger partial charge < -0.3 is 5.32 Å². The standard InChI is InChI=1S/C13H21N3O4/c1-5-6-9-11(18)15-13(20)16(12(9)19)8(4)10(17)14-7(2)3/h7-9H,5-6H2,1-4H3,(H,14,17)(H,15,18,20). The van der Waals surface area contributed by atoms with E-state index in [0.29, 0.717) is 12.8 Å². The fourth-order valence-electron chi connectivity index (χ4n) is 2.07. The van der Waals surface area contributed by atoms with E-state index in [1.165, 1.54) is 6.92 Å². The summed E-state index contributed by atoms with van der Waals surface area (Å²) in [5, 5.41) is 4.77. The third-order valence-electron chi connectivity index (χ3n) is 3.08. The van der Waals surface area contributed by atoms with Crippen LogP contribution >= 0.6 is 0 Å². The Balaban J connectivity index is 2.91. The van der Waals surface area contributed by atoms with E-state index in [4.69, 9.17) is 0 Å². The third kappa shape index (κ3) is 3.34. The molecule has 20 heavy (non-hydrogen) atoms. The fraction of sp³-hybridized carbons (Fsp3) is 0.692. The van der Waals surface area contributed by atoms with Gasteiger partial charge in [0.25, 0.3) is 0 Å². The van der Waals surface area contributed by atoms with Gasteiger partial charge in [-0.25, -0.2) is 4.79 Å². The molecule has 0 aliphatic carbocycles. The summed E-state index contributed by atoms with van der Waals surface area (Å²) in [6.45, 7) is 6.88. The highest BCUT2D eigenvalue weighted by Crippen LogP contribution is 2.18. The van der Waals surface area contributed by atoms with E-state index in [1.807, 2.05) is 6.92 Å². The van der Waals surface area contributed by atoms with Crippen LogP contribution in [-0.4, -0.2) is 40.7 Å². The summed E-state index contributed by atoms with van der Waals surface area (Å²) in [5.74, 6) is -2.51. The fourth-order valence-corrected chi connectivity index (χ4v) is 2.07. The highest BCUT2D eigenvalue weighted by molar-refractivity contribution is 6.17. The lowest BCUT2D eigenvalue weighted by atomic mass is 9.98. The second-order valence-corrected chi connectivity index (χ2v) is 5.18. The first-order chi connectivity index (χ1) is 9.29. The summed E-state index contributed by atoms with van der Waals surface area (Å²) in [6, 6.07) is -1.88. The number of barbiturate groups is 1. The van der Waals surface area contributed by atoms with Crippen molar-refractivity contribution in [2.24, 2.45) is 5.92 Å². The Kier molecular flexibility index (Phi) is 5.24. The molecule has 2 atom stereocenters. The molecule has 0 spiro atoms. The summed E-state index contributed by atoms with van der Waals surface area (Å²) in [7, 11) is 0. The Morgan fingerprint density at radius 1 is 1.30 bits per heavy atom. The first-order valence-corrected chi connectivity index (χ1v) is 6.77. The molecule has 1 heterocycles. The second-order valence-electron chi connectivity index (χ2n) is 5.18. The van der Waals surface area contributed by atoms with Crippen LogP contribution in [0.25, 0.3) is 0 Å². The van der Waals surface area contributed by atoms with E-state index in [2.05, 4.69) is 10.6 Å². The zero-order valence-corrected chi connectivity index (χ0v) is 12.2. The van der Waals surface area contributed by atoms with Crippen molar-refractivity contribution in [3.63, 3.8) is 0 Å². The summed E-state index contributed by atoms with van der Waals surface area (Å²) in [6.07, 6.45) is 0.991. The van der Waals surface area contributed by atoms with Crippen molar-refractivity contribution >= 4 is 23.8 Å². The Bertz CT molecular complexity index is 433. The van der Waals surface area contributed by atoms with Crippen molar-refractivity contribution < 1.29 is 19.2 Å². The number of carbonyl (C=O) groups is 4. The molecule has 1 rings (SSSR count). The van der Waals surface area contributed by atoms with Gasteiger partial charge in [-0.2, -0.15) is 0 Å². The van der Waals surface area contributed by atoms with Gasteiger partial charge in [-0.1, -0.05) is 13.3 Å². The van der Waals surface area contributed by atoms with Gasteiger partial charge in [0, 0.05) is 6.04 Å². The minimum Gasteiger partial charge on any atom is -0.352 e. The van der Waals surface area contributed by atoms with Gasteiger partial charge in [-0.15, -0.1) is 0 Å². The van der Waals surface area contributed by atoms with Crippen molar-refractivity contribution in [3.8, 4) is 0 Å². The number of hydrogen-bond donors (Lipinski definition) is 2. The molecule has 5 amide bonds. The lowest BCUT2D eigenvalue weighted by Gasteiger charge is -2.33. The highest BCUT2D eigenvalue weighted by atomic mass is 16.2. The monoisotopic (exact) mass is 283 g/mol. The summed E-state index contributed by atoms with van der Waals surface area (Å²) >= 11 is 0. The topological polar surface area (TPSA) is 95.6 Å². The van der Waals surface area contributed by atoms with Crippen molar-refractivity contribution in [2.45, 2.75) is 52.6 Å². The predicted octanol–water partition coefficient (Wildman–Crippen LogP) is 0.394. The van der Waals surface area contributed by atoms with E-state index >= 15 is 0 Å². The van der Waals surface area contributed by atoms with E-state index in [-0.39, 0.29) is 6.04 Å². The van der Waals surface area contributed by atoms with Crippen LogP contribution in [0.3, 0.4) is 0 Å². The summed E-state index contributed by atoms with van der Waals surface area (Å²) in [4.78, 5) is 48.4. The average Bonchev–Trinajstić information content (AvgIpc) is 2.33. The van der Waals surface area contributed by atoms with Gasteiger partial charge >= 0.3 is 6.03 Å². The second kappa shape index (κ2) is 6.49. The number of rotatable bonds is 5. The van der Waals surface area contributed by atoms with E-state index in [0.717, 1.165) is 4.90 Å². The number of nitrogens with zero attached hydrogens (tertiary/aromatic N) is 1. The molecule has 1 aliphatic rings. The lowest BCUT2D eigenvalue weighted by Crippen LogP contribution is -2.63. The summed E-state index contributed by atoms with van der Waals surface area (Å²) < 4.78 is 0. The molecule has 0 aromatic heterocycles. The Morgan fingerprint density at radius 2 is 1.90 bits per heavy atom. The van der Waals surface area contributed by atoms with Crippen molar-refractivity contribution in [1.82, 2.24) is 15.5 Å². The van der Waals surface area contributed by atoms with Crippen LogP contribution < -0.4 is 10.6 Å². The molecule has 2 unspecified atom stereocenters. The maximum absolute atomic E-state index is 12.2. The van der Waals surface area contributed by atoms with E-state index in [1.54, 1.807) is 13.8 Å². The molecular weight excluding hydrogens is 262 g/mol. The van der Waals surface area contributed by atoms with Gasteiger partial charge in [0.2, 0.25) is 17.7 Å². The number of amides is 5. The Morgan fingerprint density at radius 3 is 2.40 bits per heavy atom.